The summed E-state index contributed by atoms with van der Waals surface area (Å²) in [7, 11) is -5.65. The smallest absolute Gasteiger partial charge is 0.404 e. The number of carbonyl (C=O) groups is 3. The van der Waals surface area contributed by atoms with Crippen molar-refractivity contribution in [3.05, 3.63) is 34.9 Å². The van der Waals surface area contributed by atoms with Gasteiger partial charge in [0.2, 0.25) is 5.91 Å². The molecule has 2 amide bonds. The second-order valence-corrected chi connectivity index (χ2v) is 14.2. The van der Waals surface area contributed by atoms with Crippen molar-refractivity contribution >= 4 is 25.8 Å². The molecule has 20 heteroatoms. The van der Waals surface area contributed by atoms with Crippen molar-refractivity contribution < 1.29 is 82.1 Å². The predicted octanol–water partition coefficient (Wildman–Crippen LogP) is -1.46. The SMILES string of the molecule is CC(C)=CCC/C(C)=C/CC/C(C)=C\CO[C@@H](COP(=O)([O-])O[C@@H]1OC(C(N)=O)[C@H](O)[C@H](OC(N)=O)C1O[C@@H]1OC(CO)[C@H](O)[C@H](O)C1C)C(=O)[O-]. The number of amides is 2. The molecule has 0 radical (unpaired) electrons. The van der Waals surface area contributed by atoms with E-state index in [1.54, 1.807) is 6.08 Å². The lowest BCUT2D eigenvalue weighted by Crippen LogP contribution is -2.65. The summed E-state index contributed by atoms with van der Waals surface area (Å²) in [5, 5.41) is 52.7. The van der Waals surface area contributed by atoms with Crippen LogP contribution in [0.1, 0.15) is 60.3 Å². The lowest BCUT2D eigenvalue weighted by Gasteiger charge is -2.47. The largest absolute Gasteiger partial charge is 0.756 e. The van der Waals surface area contributed by atoms with Gasteiger partial charge < -0.3 is 74.9 Å². The van der Waals surface area contributed by atoms with Gasteiger partial charge in [-0.15, -0.1) is 0 Å². The number of aliphatic carboxylic acids is 1. The highest BCUT2D eigenvalue weighted by Crippen LogP contribution is 2.44. The normalized spacial score (nSPS) is 31.7. The quantitative estimate of drug-likeness (QED) is 0.0609. The number of nitrogens with two attached hydrogens (primary N) is 2. The minimum Gasteiger partial charge on any atom is -0.756 e. The molecular formula is C32H51N2O17P-2. The maximum absolute atomic E-state index is 13.0. The van der Waals surface area contributed by atoms with Crippen LogP contribution < -0.4 is 21.5 Å². The van der Waals surface area contributed by atoms with Gasteiger partial charge in [-0.1, -0.05) is 41.9 Å². The van der Waals surface area contributed by atoms with Gasteiger partial charge in [0.15, 0.2) is 30.9 Å². The van der Waals surface area contributed by atoms with Crippen molar-refractivity contribution in [2.75, 3.05) is 19.8 Å². The molecule has 2 rings (SSSR count). The number of hydrogen-bond donors (Lipinski definition) is 6. The average Bonchev–Trinajstić information content (AvgIpc) is 3.04. The van der Waals surface area contributed by atoms with Gasteiger partial charge in [0, 0.05) is 5.92 Å². The Morgan fingerprint density at radius 3 is 2.08 bits per heavy atom. The Hall–Kier alpha value is -2.78. The van der Waals surface area contributed by atoms with Crippen LogP contribution in [0.15, 0.2) is 34.9 Å². The Morgan fingerprint density at radius 2 is 1.52 bits per heavy atom. The number of carboxylic acid groups (broad SMARTS) is 1. The summed E-state index contributed by atoms with van der Waals surface area (Å²) in [4.78, 5) is 48.5. The molecule has 0 bridgehead atoms. The number of carboxylic acids is 1. The lowest BCUT2D eigenvalue weighted by atomic mass is 9.92. The van der Waals surface area contributed by atoms with E-state index in [0.717, 1.165) is 24.8 Å². The molecule has 0 aromatic carbocycles. The highest BCUT2D eigenvalue weighted by Gasteiger charge is 2.54. The zero-order chi connectivity index (χ0) is 39.3. The van der Waals surface area contributed by atoms with E-state index in [9.17, 15) is 49.4 Å². The topological polar surface area (TPSA) is 312 Å². The molecule has 2 saturated heterocycles. The van der Waals surface area contributed by atoms with Crippen LogP contribution in [0.5, 0.6) is 0 Å². The van der Waals surface area contributed by atoms with E-state index in [1.807, 2.05) is 27.7 Å². The molecule has 0 aromatic heterocycles. The molecule has 52 heavy (non-hydrogen) atoms. The molecule has 2 aliphatic rings. The van der Waals surface area contributed by atoms with Crippen LogP contribution >= 0.6 is 7.82 Å². The zero-order valence-corrected chi connectivity index (χ0v) is 30.6. The second kappa shape index (κ2) is 21.2. The average molecular weight is 767 g/mol. The lowest BCUT2D eigenvalue weighted by molar-refractivity contribution is -0.352. The van der Waals surface area contributed by atoms with Gasteiger partial charge in [0.1, 0.15) is 24.4 Å². The van der Waals surface area contributed by atoms with Gasteiger partial charge in [-0.05, 0) is 53.4 Å². The van der Waals surface area contributed by atoms with Crippen molar-refractivity contribution in [2.24, 2.45) is 17.4 Å². The van der Waals surface area contributed by atoms with Crippen LogP contribution in [0.4, 0.5) is 4.79 Å². The first-order valence-corrected chi connectivity index (χ1v) is 18.0. The molecule has 298 valence electrons. The monoisotopic (exact) mass is 766 g/mol. The molecular weight excluding hydrogens is 715 g/mol. The van der Waals surface area contributed by atoms with Crippen molar-refractivity contribution in [2.45, 2.75) is 122 Å². The molecule has 2 aliphatic heterocycles. The number of phosphoric ester groups is 1. The molecule has 8 N–H and O–H groups in total. The number of hydrogen-bond acceptors (Lipinski definition) is 17. The van der Waals surface area contributed by atoms with Crippen LogP contribution in [-0.2, 0) is 46.9 Å². The summed E-state index contributed by atoms with van der Waals surface area (Å²) in [6.45, 7) is 7.10. The van der Waals surface area contributed by atoms with E-state index < -0.39 is 106 Å². The molecule has 12 atom stereocenters. The molecule has 0 saturated carbocycles. The number of ether oxygens (including phenoxy) is 5. The van der Waals surface area contributed by atoms with Crippen LogP contribution in [0.3, 0.4) is 0 Å². The van der Waals surface area contributed by atoms with E-state index in [-0.39, 0.29) is 6.61 Å². The van der Waals surface area contributed by atoms with E-state index in [2.05, 4.69) is 12.2 Å². The van der Waals surface area contributed by atoms with Crippen LogP contribution in [0.2, 0.25) is 0 Å². The number of phosphoric acid groups is 1. The number of carbonyl (C=O) groups excluding carboxylic acids is 3. The Morgan fingerprint density at radius 1 is 0.904 bits per heavy atom. The first-order chi connectivity index (χ1) is 24.3. The molecule has 0 aliphatic carbocycles. The summed E-state index contributed by atoms with van der Waals surface area (Å²) in [6, 6.07) is 0. The number of aliphatic hydroxyl groups is 4. The number of primary amides is 2. The van der Waals surface area contributed by atoms with Crippen molar-refractivity contribution in [3.63, 3.8) is 0 Å². The Balaban J connectivity index is 2.16. The van der Waals surface area contributed by atoms with Gasteiger partial charge in [-0.25, -0.2) is 4.79 Å². The fourth-order valence-electron chi connectivity index (χ4n) is 5.23. The molecule has 5 unspecified atom stereocenters. The van der Waals surface area contributed by atoms with E-state index in [1.165, 1.54) is 18.1 Å². The predicted molar refractivity (Wildman–Crippen MR) is 175 cm³/mol. The molecule has 0 aromatic rings. The Bertz CT molecular complexity index is 1340. The summed E-state index contributed by atoms with van der Waals surface area (Å²) >= 11 is 0. The first kappa shape index (κ1) is 45.4. The zero-order valence-electron chi connectivity index (χ0n) is 29.7. The number of rotatable bonds is 20. The summed E-state index contributed by atoms with van der Waals surface area (Å²) in [6.07, 6.45) is -11.0. The summed E-state index contributed by atoms with van der Waals surface area (Å²) in [5.41, 5.74) is 13.8. The van der Waals surface area contributed by atoms with Crippen LogP contribution in [0.25, 0.3) is 0 Å². The van der Waals surface area contributed by atoms with Crippen LogP contribution in [-0.4, -0.2) is 120 Å². The Labute approximate surface area is 301 Å². The third-order valence-electron chi connectivity index (χ3n) is 8.26. The standard InChI is InChI=1S/C32H53N2O17P/c1-16(2)8-6-9-17(3)10-7-11-18(4)12-13-45-21(29(40)41)15-46-52(43,44)51-31-27(25(50-32(34)42)24(38)26(48-31)28(33)39)49-30-19(5)22(36)23(37)20(14-35)47-30/h8,10,12,19-27,30-31,35-38H,6-7,9,11,13-15H2,1-5H3,(H2,33,39)(H2,34,42)(H,40,41)(H,43,44)/p-2/b17-10+,18-12-/t19?,20?,21-,22+,23-,24+,25-,26?,27?,30-,31-/m0/s1. The molecule has 0 spiro atoms. The maximum atomic E-state index is 13.0. The fourth-order valence-corrected chi connectivity index (χ4v) is 6.04. The highest BCUT2D eigenvalue weighted by molar-refractivity contribution is 7.45. The summed E-state index contributed by atoms with van der Waals surface area (Å²) < 4.78 is 49.3. The van der Waals surface area contributed by atoms with Gasteiger partial charge in [-0.2, -0.15) is 0 Å². The van der Waals surface area contributed by atoms with Crippen molar-refractivity contribution in [1.29, 1.82) is 0 Å². The van der Waals surface area contributed by atoms with E-state index in [4.69, 9.17) is 44.2 Å². The molecule has 2 heterocycles. The molecule has 19 nitrogen and oxygen atoms in total. The van der Waals surface area contributed by atoms with Crippen LogP contribution in [0, 0.1) is 5.92 Å². The van der Waals surface area contributed by atoms with Crippen molar-refractivity contribution in [1.82, 2.24) is 0 Å². The summed E-state index contributed by atoms with van der Waals surface area (Å²) in [5.74, 6) is -4.28. The third kappa shape index (κ3) is 14.2. The van der Waals surface area contributed by atoms with Gasteiger partial charge in [0.25, 0.3) is 7.82 Å². The van der Waals surface area contributed by atoms with Crippen molar-refractivity contribution in [3.8, 4) is 0 Å². The number of allylic oxidation sites excluding steroid dienone is 5. The van der Waals surface area contributed by atoms with Gasteiger partial charge in [-0.3, -0.25) is 13.9 Å². The van der Waals surface area contributed by atoms with Gasteiger partial charge in [0.05, 0.1) is 31.9 Å². The highest BCUT2D eigenvalue weighted by atomic mass is 31.2. The number of aliphatic hydroxyl groups excluding tert-OH is 4. The van der Waals surface area contributed by atoms with Gasteiger partial charge >= 0.3 is 6.09 Å². The maximum Gasteiger partial charge on any atom is 0.404 e. The third-order valence-corrected chi connectivity index (χ3v) is 9.19. The molecule has 2 fully saturated rings. The first-order valence-electron chi connectivity index (χ1n) is 16.6. The fraction of sp³-hybridized carbons (Fsp3) is 0.719. The minimum atomic E-state index is -5.65. The minimum absolute atomic E-state index is 0.234. The van der Waals surface area contributed by atoms with E-state index in [0.29, 0.717) is 6.42 Å². The van der Waals surface area contributed by atoms with E-state index >= 15 is 0 Å². The second-order valence-electron chi connectivity index (χ2n) is 12.8. The Kier molecular flexibility index (Phi) is 18.5.